The largest absolute Gasteiger partial charge is 0.455 e. The van der Waals surface area contributed by atoms with Gasteiger partial charge in [-0.3, -0.25) is 0 Å². The van der Waals surface area contributed by atoms with Crippen molar-refractivity contribution in [2.45, 2.75) is 86.0 Å². The van der Waals surface area contributed by atoms with Gasteiger partial charge in [-0.2, -0.15) is 0 Å². The highest BCUT2D eigenvalue weighted by Crippen LogP contribution is 2.53. The van der Waals surface area contributed by atoms with E-state index in [2.05, 4.69) is 122 Å². The molecule has 6 rings (SSSR count). The first kappa shape index (κ1) is 27.4. The van der Waals surface area contributed by atoms with Crippen LogP contribution in [0.3, 0.4) is 0 Å². The maximum atomic E-state index is 7.06. The molecule has 3 heteroatoms. The van der Waals surface area contributed by atoms with E-state index < -0.39 is 0 Å². The molecule has 0 aliphatic carbocycles. The van der Waals surface area contributed by atoms with Crippen LogP contribution in [0.25, 0.3) is 44.1 Å². The molecule has 0 atom stereocenters. The zero-order valence-corrected chi connectivity index (χ0v) is 26.3. The van der Waals surface area contributed by atoms with Crippen LogP contribution in [-0.2, 0) is 7.05 Å². The Morgan fingerprint density at radius 1 is 0.732 bits per heavy atom. The predicted octanol–water partition coefficient (Wildman–Crippen LogP) is 10.5. The maximum absolute atomic E-state index is 7.06. The standard InChI is InChI=1S/C38H43N2O/c1-20(2)25-15-29(21(3)4)35(30(16-25)22(5)6)26-17-31-36-32(18-26)41-38-33(23(7)8)28-14-12-11-13-27(28)24(9)34(38)37(36)40(10)19-39-31/h11-23H,1-10H3/q+1. The van der Waals surface area contributed by atoms with Gasteiger partial charge in [-0.1, -0.05) is 91.8 Å². The molecule has 0 amide bonds. The predicted molar refractivity (Wildman–Crippen MR) is 172 cm³/mol. The van der Waals surface area contributed by atoms with Gasteiger partial charge in [0.25, 0.3) is 6.33 Å². The van der Waals surface area contributed by atoms with Gasteiger partial charge < -0.3 is 4.74 Å². The fraction of sp³-hybridized carbons (Fsp3) is 0.368. The minimum atomic E-state index is 0.310. The summed E-state index contributed by atoms with van der Waals surface area (Å²) < 4.78 is 9.23. The van der Waals surface area contributed by atoms with Gasteiger partial charge in [0, 0.05) is 5.56 Å². The summed E-state index contributed by atoms with van der Waals surface area (Å²) in [6.45, 7) is 20.6. The molecule has 2 heterocycles. The molecule has 0 fully saturated rings. The first-order valence-corrected chi connectivity index (χ1v) is 15.2. The van der Waals surface area contributed by atoms with Crippen molar-refractivity contribution in [1.29, 1.82) is 0 Å². The van der Waals surface area contributed by atoms with E-state index in [1.807, 2.05) is 6.33 Å². The molecule has 0 saturated heterocycles. The summed E-state index contributed by atoms with van der Waals surface area (Å²) in [4.78, 5) is 4.97. The van der Waals surface area contributed by atoms with Crippen molar-refractivity contribution in [1.82, 2.24) is 4.98 Å². The van der Waals surface area contributed by atoms with Gasteiger partial charge in [0.2, 0.25) is 0 Å². The SMILES string of the molecule is Cc1c2c(c(C(C)C)c3ccccc13)Oc1cc(-c3c(C(C)C)cc(C(C)C)cc3C(C)C)cc3nc[n+](C)c-2c13. The molecule has 0 saturated carbocycles. The summed E-state index contributed by atoms with van der Waals surface area (Å²) in [6.07, 6.45) is 1.97. The summed E-state index contributed by atoms with van der Waals surface area (Å²) in [5.41, 5.74) is 12.6. The van der Waals surface area contributed by atoms with Gasteiger partial charge in [-0.05, 0) is 91.9 Å². The molecule has 0 radical (unpaired) electrons. The van der Waals surface area contributed by atoms with Gasteiger partial charge in [-0.25, -0.2) is 4.57 Å². The average molecular weight is 544 g/mol. The molecule has 1 aliphatic heterocycles. The number of aromatic nitrogens is 2. The Morgan fingerprint density at radius 2 is 1.37 bits per heavy atom. The van der Waals surface area contributed by atoms with Crippen LogP contribution in [0.2, 0.25) is 0 Å². The summed E-state index contributed by atoms with van der Waals surface area (Å²) >= 11 is 0. The Hall–Kier alpha value is -3.72. The van der Waals surface area contributed by atoms with E-state index >= 15 is 0 Å². The molecule has 0 spiro atoms. The quantitative estimate of drug-likeness (QED) is 0.202. The van der Waals surface area contributed by atoms with Crippen LogP contribution in [0.1, 0.15) is 107 Å². The first-order valence-electron chi connectivity index (χ1n) is 15.2. The van der Waals surface area contributed by atoms with Crippen molar-refractivity contribution in [2.75, 3.05) is 0 Å². The molecular formula is C38H43N2O+. The Labute approximate surface area is 245 Å². The van der Waals surface area contributed by atoms with Crippen molar-refractivity contribution in [3.05, 3.63) is 82.7 Å². The van der Waals surface area contributed by atoms with Gasteiger partial charge in [0.05, 0.1) is 12.6 Å². The van der Waals surface area contributed by atoms with Crippen molar-refractivity contribution in [2.24, 2.45) is 7.05 Å². The van der Waals surface area contributed by atoms with Crippen molar-refractivity contribution >= 4 is 21.7 Å². The summed E-state index contributed by atoms with van der Waals surface area (Å²) in [7, 11) is 2.11. The number of fused-ring (bicyclic) bond motifs is 3. The molecule has 1 aromatic heterocycles. The Bertz CT molecular complexity index is 1810. The summed E-state index contributed by atoms with van der Waals surface area (Å²) in [5, 5.41) is 3.66. The number of rotatable bonds is 5. The molecule has 5 aromatic rings. The molecule has 0 unspecified atom stereocenters. The molecule has 0 bridgehead atoms. The molecule has 1 aliphatic rings. The average Bonchev–Trinajstić information content (AvgIpc) is 2.93. The Morgan fingerprint density at radius 3 is 1.95 bits per heavy atom. The van der Waals surface area contributed by atoms with Crippen LogP contribution in [0.5, 0.6) is 11.5 Å². The van der Waals surface area contributed by atoms with Crippen LogP contribution in [0, 0.1) is 6.92 Å². The topological polar surface area (TPSA) is 26.0 Å². The van der Waals surface area contributed by atoms with Gasteiger partial charge in [-0.15, -0.1) is 0 Å². The lowest BCUT2D eigenvalue weighted by molar-refractivity contribution is -0.662. The van der Waals surface area contributed by atoms with E-state index in [-0.39, 0.29) is 0 Å². The highest BCUT2D eigenvalue weighted by molar-refractivity contribution is 6.07. The lowest BCUT2D eigenvalue weighted by Crippen LogP contribution is -2.33. The zero-order chi connectivity index (χ0) is 29.3. The second kappa shape index (κ2) is 9.98. The van der Waals surface area contributed by atoms with Crippen LogP contribution < -0.4 is 9.30 Å². The van der Waals surface area contributed by atoms with E-state index in [9.17, 15) is 0 Å². The highest BCUT2D eigenvalue weighted by Gasteiger charge is 2.33. The maximum Gasteiger partial charge on any atom is 0.287 e. The zero-order valence-electron chi connectivity index (χ0n) is 26.3. The van der Waals surface area contributed by atoms with Gasteiger partial charge in [0.1, 0.15) is 16.9 Å². The highest BCUT2D eigenvalue weighted by atomic mass is 16.5. The number of nitrogens with zero attached hydrogens (tertiary/aromatic N) is 2. The molecule has 41 heavy (non-hydrogen) atoms. The van der Waals surface area contributed by atoms with Crippen LogP contribution in [0.4, 0.5) is 0 Å². The molecule has 210 valence electrons. The van der Waals surface area contributed by atoms with Crippen LogP contribution >= 0.6 is 0 Å². The summed E-state index contributed by atoms with van der Waals surface area (Å²) in [6, 6.07) is 18.2. The normalized spacial score (nSPS) is 12.7. The Balaban J connectivity index is 1.72. The first-order chi connectivity index (χ1) is 19.5. The number of hydrogen-bond acceptors (Lipinski definition) is 2. The number of ether oxygens (including phenoxy) is 1. The molecule has 0 N–H and O–H groups in total. The Kier molecular flexibility index (Phi) is 6.68. The third-order valence-electron chi connectivity index (χ3n) is 8.96. The van der Waals surface area contributed by atoms with Crippen LogP contribution in [-0.4, -0.2) is 4.98 Å². The minimum absolute atomic E-state index is 0.310. The molecule has 4 aromatic carbocycles. The number of benzene rings is 4. The van der Waals surface area contributed by atoms with Crippen molar-refractivity contribution < 1.29 is 9.30 Å². The van der Waals surface area contributed by atoms with Gasteiger partial charge >= 0.3 is 0 Å². The van der Waals surface area contributed by atoms with Crippen molar-refractivity contribution in [3.63, 3.8) is 0 Å². The van der Waals surface area contributed by atoms with E-state index in [1.54, 1.807) is 0 Å². The minimum Gasteiger partial charge on any atom is -0.455 e. The van der Waals surface area contributed by atoms with Gasteiger partial charge in [0.15, 0.2) is 11.2 Å². The second-order valence-electron chi connectivity index (χ2n) is 13.2. The van der Waals surface area contributed by atoms with Crippen molar-refractivity contribution in [3.8, 4) is 33.9 Å². The lowest BCUT2D eigenvalue weighted by Gasteiger charge is -2.28. The third kappa shape index (κ3) is 4.24. The van der Waals surface area contributed by atoms with E-state index in [1.165, 1.54) is 61.0 Å². The molecular weight excluding hydrogens is 500 g/mol. The fourth-order valence-electron chi connectivity index (χ4n) is 6.82. The van der Waals surface area contributed by atoms with E-state index in [4.69, 9.17) is 9.72 Å². The summed E-state index contributed by atoms with van der Waals surface area (Å²) in [5.74, 6) is 3.48. The number of hydrogen-bond donors (Lipinski definition) is 0. The number of aryl methyl sites for hydroxylation is 2. The molecule has 3 nitrogen and oxygen atoms in total. The third-order valence-corrected chi connectivity index (χ3v) is 8.96. The monoisotopic (exact) mass is 543 g/mol. The second-order valence-corrected chi connectivity index (χ2v) is 13.2. The smallest absolute Gasteiger partial charge is 0.287 e. The van der Waals surface area contributed by atoms with E-state index in [0.29, 0.717) is 23.7 Å². The fourth-order valence-corrected chi connectivity index (χ4v) is 6.82. The van der Waals surface area contributed by atoms with Crippen LogP contribution in [0.15, 0.2) is 54.9 Å². The lowest BCUT2D eigenvalue weighted by atomic mass is 9.81. The van der Waals surface area contributed by atoms with E-state index in [0.717, 1.165) is 22.4 Å².